The van der Waals surface area contributed by atoms with Gasteiger partial charge in [-0.2, -0.15) is 0 Å². The van der Waals surface area contributed by atoms with Crippen LogP contribution in [0.25, 0.3) is 0 Å². The van der Waals surface area contributed by atoms with Crippen molar-refractivity contribution >= 4 is 40.4 Å². The molecule has 0 saturated heterocycles. The maximum atomic E-state index is 12.1. The van der Waals surface area contributed by atoms with Gasteiger partial charge in [-0.1, -0.05) is 0 Å². The van der Waals surface area contributed by atoms with Crippen LogP contribution < -0.4 is 10.6 Å². The van der Waals surface area contributed by atoms with Crippen LogP contribution in [-0.2, 0) is 32.8 Å². The highest BCUT2D eigenvalue weighted by Gasteiger charge is 2.28. The van der Waals surface area contributed by atoms with Crippen LogP contribution in [0.2, 0.25) is 38.3 Å². The topological polar surface area (TPSA) is 181 Å². The van der Waals surface area contributed by atoms with E-state index in [1.807, 2.05) is 26.2 Å². The van der Waals surface area contributed by atoms with E-state index in [9.17, 15) is 19.2 Å². The largest absolute Gasteiger partial charge is 0.480 e. The fourth-order valence-electron chi connectivity index (χ4n) is 2.64. The minimum absolute atomic E-state index is 0.0943. The van der Waals surface area contributed by atoms with Gasteiger partial charge in [0.15, 0.2) is 22.7 Å². The molecule has 192 valence electrons. The van der Waals surface area contributed by atoms with Gasteiger partial charge in [0.1, 0.15) is 6.04 Å². The summed E-state index contributed by atoms with van der Waals surface area (Å²) in [4.78, 5) is 46.5. The maximum Gasteiger partial charge on any atom is 0.330 e. The van der Waals surface area contributed by atoms with E-state index in [0.717, 1.165) is 0 Å². The van der Waals surface area contributed by atoms with Crippen LogP contribution in [-0.4, -0.2) is 103 Å². The number of carboxylic acids is 1. The molecular formula is C19H38N2O10Si2. The molecule has 2 unspecified atom stereocenters. The molecule has 33 heavy (non-hydrogen) atoms. The Morgan fingerprint density at radius 3 is 1.70 bits per heavy atom. The lowest BCUT2D eigenvalue weighted by Gasteiger charge is -2.26. The number of rotatable bonds is 18. The van der Waals surface area contributed by atoms with Gasteiger partial charge >= 0.3 is 11.9 Å². The van der Waals surface area contributed by atoms with Crippen molar-refractivity contribution in [2.45, 2.75) is 63.2 Å². The highest BCUT2D eigenvalue weighted by molar-refractivity contribution is 6.71. The maximum absolute atomic E-state index is 12.1. The van der Waals surface area contributed by atoms with E-state index in [1.54, 1.807) is 0 Å². The first-order valence-electron chi connectivity index (χ1n) is 11.0. The second-order valence-corrected chi connectivity index (χ2v) is 17.3. The second-order valence-electron chi connectivity index (χ2n) is 8.67. The highest BCUT2D eigenvalue weighted by atomic mass is 28.4. The molecule has 0 saturated carbocycles. The van der Waals surface area contributed by atoms with Crippen molar-refractivity contribution < 1.29 is 48.1 Å². The average molecular weight is 513 g/mol. The predicted molar refractivity (Wildman–Crippen MR) is 123 cm³/mol. The Bertz CT molecular complexity index is 681. The lowest BCUT2D eigenvalue weighted by molar-refractivity contribution is -0.146. The van der Waals surface area contributed by atoms with E-state index in [4.69, 9.17) is 20.5 Å². The van der Waals surface area contributed by atoms with Crippen molar-refractivity contribution in [3.05, 3.63) is 0 Å². The number of carbonyl (C=O) groups is 4. The SMILES string of the molecule is [3H]OCC(NC(=O)CC[Si](C)(C)OCCO[Si](C)(C)CCC(=O)NC(CO)C(=O)O)C(=O)OC. The Morgan fingerprint density at radius 1 is 0.879 bits per heavy atom. The van der Waals surface area contributed by atoms with Crippen molar-refractivity contribution in [2.75, 3.05) is 33.5 Å². The zero-order chi connectivity index (χ0) is 26.4. The van der Waals surface area contributed by atoms with Gasteiger partial charge in [-0.05, 0) is 38.3 Å². The normalized spacial score (nSPS) is 14.1. The van der Waals surface area contributed by atoms with Crippen LogP contribution in [0.3, 0.4) is 0 Å². The van der Waals surface area contributed by atoms with Crippen molar-refractivity contribution in [1.82, 2.24) is 10.6 Å². The average Bonchev–Trinajstić information content (AvgIpc) is 2.76. The van der Waals surface area contributed by atoms with Gasteiger partial charge in [0.05, 0.1) is 33.5 Å². The number of ether oxygens (including phenoxy) is 1. The molecule has 0 aromatic carbocycles. The van der Waals surface area contributed by atoms with Crippen molar-refractivity contribution in [3.63, 3.8) is 0 Å². The summed E-state index contributed by atoms with van der Waals surface area (Å²) in [6, 6.07) is -1.38. The molecule has 2 amide bonds. The first-order valence-corrected chi connectivity index (χ1v) is 16.9. The van der Waals surface area contributed by atoms with Gasteiger partial charge < -0.3 is 39.5 Å². The molecule has 0 aliphatic heterocycles. The number of carboxylic acid groups (broad SMARTS) is 1. The lowest BCUT2D eigenvalue weighted by Crippen LogP contribution is -2.45. The van der Waals surface area contributed by atoms with Crippen molar-refractivity contribution in [2.24, 2.45) is 0 Å². The third kappa shape index (κ3) is 14.1. The van der Waals surface area contributed by atoms with Gasteiger partial charge in [0.2, 0.25) is 13.2 Å². The monoisotopic (exact) mass is 512 g/mol. The molecule has 0 aliphatic carbocycles. The Hall–Kier alpha value is -1.85. The van der Waals surface area contributed by atoms with Crippen LogP contribution in [0.15, 0.2) is 0 Å². The fraction of sp³-hybridized carbons (Fsp3) is 0.789. The third-order valence-corrected chi connectivity index (χ3v) is 9.66. The van der Waals surface area contributed by atoms with Crippen LogP contribution in [0.1, 0.15) is 12.8 Å². The Morgan fingerprint density at radius 2 is 1.33 bits per heavy atom. The number of nitrogens with one attached hydrogen (secondary N) is 2. The Labute approximate surface area is 197 Å². The molecule has 0 radical (unpaired) electrons. The number of aliphatic carboxylic acids is 1. The summed E-state index contributed by atoms with van der Waals surface area (Å²) in [6.45, 7) is 7.45. The number of methoxy groups -OCH3 is 1. The minimum atomic E-state index is -2.20. The molecule has 12 nitrogen and oxygen atoms in total. The van der Waals surface area contributed by atoms with Crippen molar-refractivity contribution in [3.8, 4) is 0 Å². The third-order valence-electron chi connectivity index (χ3n) is 4.78. The van der Waals surface area contributed by atoms with E-state index in [2.05, 4.69) is 20.5 Å². The minimum Gasteiger partial charge on any atom is -0.480 e. The number of hydrogen-bond donors (Lipinski definition) is 5. The van der Waals surface area contributed by atoms with Gasteiger partial charge in [0.25, 0.3) is 0 Å². The molecule has 0 bridgehead atoms. The smallest absolute Gasteiger partial charge is 0.330 e. The van der Waals surface area contributed by atoms with Crippen molar-refractivity contribution in [1.29, 1.82) is 1.43 Å². The summed E-state index contributed by atoms with van der Waals surface area (Å²) in [5.41, 5.74) is 0. The number of carbonyl (C=O) groups excluding carboxylic acids is 3. The summed E-state index contributed by atoms with van der Waals surface area (Å²) < 4.78 is 23.2. The summed E-state index contributed by atoms with van der Waals surface area (Å²) in [5, 5.41) is 26.8. The molecule has 5 N–H and O–H groups in total. The zero-order valence-electron chi connectivity index (χ0n) is 21.0. The summed E-state index contributed by atoms with van der Waals surface area (Å²) >= 11 is 0. The second kappa shape index (κ2) is 15.1. The standard InChI is InChI=1S/C19H38N2O10Si2/c1-29-19(28)15(13-23)21-17(25)7-11-33(4,5)31-9-8-30-32(2,3)10-6-16(24)20-14(12-22)18(26)27/h14-15,22-23H,6-13H2,1-5H3,(H,20,24)(H,21,25)(H,26,27)/i23T. The molecule has 0 aromatic heterocycles. The van der Waals surface area contributed by atoms with E-state index < -0.39 is 53.2 Å². The Balaban J connectivity index is 4.33. The number of aliphatic hydroxyl groups excluding tert-OH is 2. The van der Waals surface area contributed by atoms with Gasteiger partial charge in [-0.15, -0.1) is 0 Å². The lowest BCUT2D eigenvalue weighted by atomic mass is 10.3. The van der Waals surface area contributed by atoms with E-state index >= 15 is 0 Å². The van der Waals surface area contributed by atoms with Crippen LogP contribution in [0, 0.1) is 0 Å². The van der Waals surface area contributed by atoms with Crippen LogP contribution >= 0.6 is 0 Å². The number of hydrogen-bond acceptors (Lipinski definition) is 9. The first kappa shape index (κ1) is 29.2. The van der Waals surface area contributed by atoms with E-state index in [-0.39, 0.29) is 25.4 Å². The first-order chi connectivity index (χ1) is 15.8. The molecule has 0 heterocycles. The highest BCUT2D eigenvalue weighted by Crippen LogP contribution is 2.16. The molecule has 0 aromatic rings. The molecule has 0 spiro atoms. The molecule has 14 heteroatoms. The van der Waals surface area contributed by atoms with E-state index in [1.165, 1.54) is 7.11 Å². The fourth-order valence-corrected chi connectivity index (χ4v) is 5.86. The van der Waals surface area contributed by atoms with Gasteiger partial charge in [0, 0.05) is 12.8 Å². The Kier molecular flexibility index (Phi) is 13.4. The number of esters is 1. The molecule has 0 aliphatic rings. The molecule has 2 atom stereocenters. The number of aliphatic hydroxyl groups is 2. The molecule has 0 rings (SSSR count). The summed E-state index contributed by atoms with van der Waals surface area (Å²) in [6.07, 6.45) is 0.239. The van der Waals surface area contributed by atoms with E-state index in [0.29, 0.717) is 25.3 Å². The van der Waals surface area contributed by atoms with Crippen LogP contribution in [0.4, 0.5) is 0 Å². The van der Waals surface area contributed by atoms with Gasteiger partial charge in [-0.3, -0.25) is 9.59 Å². The summed E-state index contributed by atoms with van der Waals surface area (Å²) in [7, 11) is -3.21. The van der Waals surface area contributed by atoms with Crippen LogP contribution in [0.5, 0.6) is 0 Å². The quantitative estimate of drug-likeness (QED) is 0.0905. The van der Waals surface area contributed by atoms with Gasteiger partial charge in [-0.25, -0.2) is 9.59 Å². The summed E-state index contributed by atoms with van der Waals surface area (Å²) in [5.74, 6) is -2.82. The predicted octanol–water partition coefficient (Wildman–Crippen LogP) is -0.578. The zero-order valence-corrected chi connectivity index (χ0v) is 22.0. The number of amides is 2. The molecule has 0 fully saturated rings. The molecular weight excluding hydrogens is 472 g/mol.